The highest BCUT2D eigenvalue weighted by molar-refractivity contribution is 6.30. The molecular formula is C19H13ClFNO3. The Balaban J connectivity index is 1.85. The lowest BCUT2D eigenvalue weighted by Gasteiger charge is -2.13. The van der Waals surface area contributed by atoms with Gasteiger partial charge in [-0.2, -0.15) is 0 Å². The van der Waals surface area contributed by atoms with Gasteiger partial charge in [0.1, 0.15) is 11.0 Å². The summed E-state index contributed by atoms with van der Waals surface area (Å²) >= 11 is 5.96. The third kappa shape index (κ3) is 3.67. The van der Waals surface area contributed by atoms with Crippen molar-refractivity contribution in [2.45, 2.75) is 13.0 Å². The summed E-state index contributed by atoms with van der Waals surface area (Å²) in [5.41, 5.74) is 1.05. The van der Waals surface area contributed by atoms with Crippen LogP contribution in [0.25, 0.3) is 10.9 Å². The van der Waals surface area contributed by atoms with Gasteiger partial charge >= 0.3 is 5.97 Å². The highest BCUT2D eigenvalue weighted by atomic mass is 35.5. The fourth-order valence-corrected chi connectivity index (χ4v) is 2.64. The summed E-state index contributed by atoms with van der Waals surface area (Å²) in [5, 5.41) is 0.737. The van der Waals surface area contributed by atoms with Gasteiger partial charge in [0.2, 0.25) is 5.78 Å². The Kier molecular flexibility index (Phi) is 4.76. The van der Waals surface area contributed by atoms with Gasteiger partial charge in [-0.15, -0.1) is 0 Å². The monoisotopic (exact) mass is 357 g/mol. The molecule has 0 N–H and O–H groups in total. The van der Waals surface area contributed by atoms with E-state index in [1.54, 1.807) is 24.3 Å². The van der Waals surface area contributed by atoms with Gasteiger partial charge in [-0.1, -0.05) is 29.8 Å². The van der Waals surface area contributed by atoms with Gasteiger partial charge in [-0.3, -0.25) is 4.79 Å². The van der Waals surface area contributed by atoms with E-state index >= 15 is 0 Å². The van der Waals surface area contributed by atoms with Crippen molar-refractivity contribution in [2.75, 3.05) is 0 Å². The Labute approximate surface area is 148 Å². The molecule has 0 aliphatic heterocycles. The summed E-state index contributed by atoms with van der Waals surface area (Å²) in [5.74, 6) is -1.54. The van der Waals surface area contributed by atoms with Crippen molar-refractivity contribution >= 4 is 34.3 Å². The molecule has 25 heavy (non-hydrogen) atoms. The zero-order valence-corrected chi connectivity index (χ0v) is 14.0. The van der Waals surface area contributed by atoms with Crippen LogP contribution in [0.1, 0.15) is 27.6 Å². The second kappa shape index (κ2) is 6.99. The maximum atomic E-state index is 13.0. The van der Waals surface area contributed by atoms with Crippen molar-refractivity contribution in [1.82, 2.24) is 4.98 Å². The highest BCUT2D eigenvalue weighted by Gasteiger charge is 2.22. The summed E-state index contributed by atoms with van der Waals surface area (Å²) < 4.78 is 18.2. The molecule has 4 nitrogen and oxygen atoms in total. The van der Waals surface area contributed by atoms with E-state index in [0.29, 0.717) is 10.9 Å². The Morgan fingerprint density at radius 1 is 1.12 bits per heavy atom. The molecule has 3 rings (SSSR count). The number of carbonyl (C=O) groups excluding carboxylic acids is 2. The Morgan fingerprint density at radius 2 is 1.80 bits per heavy atom. The number of Topliss-reactive ketones (excluding diaryl/α,β-unsaturated/α-hetero) is 1. The van der Waals surface area contributed by atoms with Crippen LogP contribution < -0.4 is 0 Å². The third-order valence-electron chi connectivity index (χ3n) is 3.69. The highest BCUT2D eigenvalue weighted by Crippen LogP contribution is 2.22. The number of hydrogen-bond donors (Lipinski definition) is 0. The molecule has 1 atom stereocenters. The molecule has 0 aliphatic rings. The topological polar surface area (TPSA) is 56.3 Å². The van der Waals surface area contributed by atoms with E-state index in [4.69, 9.17) is 16.3 Å². The van der Waals surface area contributed by atoms with Crippen molar-refractivity contribution in [3.8, 4) is 0 Å². The third-order valence-corrected chi connectivity index (χ3v) is 3.88. The molecule has 0 radical (unpaired) electrons. The van der Waals surface area contributed by atoms with E-state index in [1.807, 2.05) is 0 Å². The number of esters is 1. The van der Waals surface area contributed by atoms with Crippen LogP contribution in [0, 0.1) is 5.82 Å². The van der Waals surface area contributed by atoms with E-state index in [0.717, 1.165) is 0 Å². The summed E-state index contributed by atoms with van der Waals surface area (Å²) in [6, 6.07) is 13.5. The lowest BCUT2D eigenvalue weighted by atomic mass is 10.1. The van der Waals surface area contributed by atoms with Crippen molar-refractivity contribution in [3.05, 3.63) is 76.7 Å². The number of benzene rings is 2. The van der Waals surface area contributed by atoms with E-state index in [9.17, 15) is 14.0 Å². The lowest BCUT2D eigenvalue weighted by molar-refractivity contribution is 0.0320. The average molecular weight is 358 g/mol. The molecule has 126 valence electrons. The summed E-state index contributed by atoms with van der Waals surface area (Å²) in [6.45, 7) is 1.47. The molecule has 0 fully saturated rings. The van der Waals surface area contributed by atoms with Gasteiger partial charge in [0.05, 0.1) is 11.1 Å². The van der Waals surface area contributed by atoms with Crippen LogP contribution in [-0.4, -0.2) is 22.8 Å². The second-order valence-corrected chi connectivity index (χ2v) is 5.82. The van der Waals surface area contributed by atoms with Crippen LogP contribution in [0.15, 0.2) is 54.6 Å². The van der Waals surface area contributed by atoms with Crippen LogP contribution >= 0.6 is 11.6 Å². The number of aromatic nitrogens is 1. The van der Waals surface area contributed by atoms with E-state index in [1.165, 1.54) is 37.3 Å². The summed E-state index contributed by atoms with van der Waals surface area (Å²) in [7, 11) is 0. The number of rotatable bonds is 4. The predicted octanol–water partition coefficient (Wildman–Crippen LogP) is 4.46. The zero-order chi connectivity index (χ0) is 18.0. The summed E-state index contributed by atoms with van der Waals surface area (Å²) in [4.78, 5) is 28.9. The van der Waals surface area contributed by atoms with Crippen LogP contribution in [0.5, 0.6) is 0 Å². The van der Waals surface area contributed by atoms with Gasteiger partial charge in [0.25, 0.3) is 0 Å². The van der Waals surface area contributed by atoms with Gasteiger partial charge in [-0.05, 0) is 43.3 Å². The molecule has 0 amide bonds. The Hall–Kier alpha value is -2.79. The van der Waals surface area contributed by atoms with Crippen LogP contribution in [0.4, 0.5) is 4.39 Å². The van der Waals surface area contributed by atoms with Crippen LogP contribution in [0.2, 0.25) is 5.15 Å². The standard InChI is InChI=1S/C19H13ClFNO3/c1-11(18(23)12-6-8-13(21)9-7-12)25-19(24)15-10-17(20)22-16-5-3-2-4-14(15)16/h2-11H,1H3/t11-/m0/s1. The fraction of sp³-hybridized carbons (Fsp3) is 0.105. The number of para-hydroxylation sites is 1. The molecule has 6 heteroatoms. The largest absolute Gasteiger partial charge is 0.451 e. The maximum Gasteiger partial charge on any atom is 0.339 e. The number of hydrogen-bond acceptors (Lipinski definition) is 4. The predicted molar refractivity (Wildman–Crippen MR) is 92.4 cm³/mol. The number of fused-ring (bicyclic) bond motifs is 1. The van der Waals surface area contributed by atoms with Gasteiger partial charge in [0.15, 0.2) is 6.10 Å². The van der Waals surface area contributed by atoms with Gasteiger partial charge < -0.3 is 4.74 Å². The van der Waals surface area contributed by atoms with Gasteiger partial charge in [-0.25, -0.2) is 14.2 Å². The quantitative estimate of drug-likeness (QED) is 0.393. The van der Waals surface area contributed by atoms with Crippen molar-refractivity contribution in [2.24, 2.45) is 0 Å². The first-order valence-corrected chi connectivity index (χ1v) is 7.89. The van der Waals surface area contributed by atoms with Gasteiger partial charge in [0, 0.05) is 10.9 Å². The van der Waals surface area contributed by atoms with E-state index in [2.05, 4.69) is 4.98 Å². The zero-order valence-electron chi connectivity index (χ0n) is 13.2. The van der Waals surface area contributed by atoms with Crippen LogP contribution in [-0.2, 0) is 4.74 Å². The first kappa shape index (κ1) is 17.0. The maximum absolute atomic E-state index is 13.0. The molecule has 3 aromatic rings. The fourth-order valence-electron chi connectivity index (χ4n) is 2.44. The Morgan fingerprint density at radius 3 is 2.52 bits per heavy atom. The minimum atomic E-state index is -1.02. The molecule has 0 saturated heterocycles. The number of nitrogens with zero attached hydrogens (tertiary/aromatic N) is 1. The average Bonchev–Trinajstić information content (AvgIpc) is 2.60. The molecule has 0 aliphatic carbocycles. The molecule has 0 saturated carbocycles. The summed E-state index contributed by atoms with van der Waals surface area (Å²) in [6.07, 6.45) is -1.02. The number of ether oxygens (including phenoxy) is 1. The molecule has 1 aromatic heterocycles. The van der Waals surface area contributed by atoms with Crippen molar-refractivity contribution in [3.63, 3.8) is 0 Å². The van der Waals surface area contributed by atoms with E-state index in [-0.39, 0.29) is 16.3 Å². The van der Waals surface area contributed by atoms with Crippen LogP contribution in [0.3, 0.4) is 0 Å². The minimum Gasteiger partial charge on any atom is -0.451 e. The second-order valence-electron chi connectivity index (χ2n) is 5.43. The first-order chi connectivity index (χ1) is 12.0. The molecule has 0 spiro atoms. The minimum absolute atomic E-state index is 0.156. The normalized spacial score (nSPS) is 12.0. The SMILES string of the molecule is C[C@H](OC(=O)c1cc(Cl)nc2ccccc12)C(=O)c1ccc(F)cc1. The molecule has 2 aromatic carbocycles. The molecule has 1 heterocycles. The number of halogens is 2. The lowest BCUT2D eigenvalue weighted by Crippen LogP contribution is -2.24. The first-order valence-electron chi connectivity index (χ1n) is 7.52. The molecule has 0 bridgehead atoms. The molecule has 0 unspecified atom stereocenters. The van der Waals surface area contributed by atoms with Crippen molar-refractivity contribution in [1.29, 1.82) is 0 Å². The molecular weight excluding hydrogens is 345 g/mol. The number of pyridine rings is 1. The number of ketones is 1. The van der Waals surface area contributed by atoms with E-state index < -0.39 is 23.7 Å². The van der Waals surface area contributed by atoms with Crippen molar-refractivity contribution < 1.29 is 18.7 Å². The smallest absolute Gasteiger partial charge is 0.339 e. The Bertz CT molecular complexity index is 957. The number of carbonyl (C=O) groups is 2.